The molecule has 3 aromatic rings. The average Bonchev–Trinajstić information content (AvgIpc) is 3.09. The Labute approximate surface area is 179 Å². The number of rotatable bonds is 9. The van der Waals surface area contributed by atoms with Crippen molar-refractivity contribution in [2.24, 2.45) is 0 Å². The Kier molecular flexibility index (Phi) is 6.91. The molecule has 0 fully saturated rings. The van der Waals surface area contributed by atoms with Gasteiger partial charge in [-0.15, -0.1) is 0 Å². The molecule has 0 atom stereocenters. The predicted molar refractivity (Wildman–Crippen MR) is 115 cm³/mol. The normalized spacial score (nSPS) is 11.6. The van der Waals surface area contributed by atoms with Crippen LogP contribution in [-0.2, 0) is 18.0 Å². The van der Waals surface area contributed by atoms with Crippen molar-refractivity contribution in [1.29, 1.82) is 0 Å². The standard InChI is InChI=1S/C21H25F2N3O4Si/c1-31(2,3)9-8-29-13-26-7-5-15-18(4-6-24-20(15)26)30-19-16(22)10-14(11-17(19)23)12-25-21(27)28/h4-7,10-11,25H,8-9,12-13H2,1-3H3,(H,27,28). The van der Waals surface area contributed by atoms with Gasteiger partial charge in [0.25, 0.3) is 0 Å². The van der Waals surface area contributed by atoms with E-state index >= 15 is 0 Å². The van der Waals surface area contributed by atoms with Crippen LogP contribution < -0.4 is 10.1 Å². The second-order valence-electron chi connectivity index (χ2n) is 8.33. The molecule has 0 spiro atoms. The van der Waals surface area contributed by atoms with Crippen LogP contribution in [0.5, 0.6) is 11.5 Å². The number of carbonyl (C=O) groups is 1. The fourth-order valence-corrected chi connectivity index (χ4v) is 3.66. The van der Waals surface area contributed by atoms with E-state index in [9.17, 15) is 13.6 Å². The van der Waals surface area contributed by atoms with Crippen LogP contribution >= 0.6 is 0 Å². The summed E-state index contributed by atoms with van der Waals surface area (Å²) in [6.45, 7) is 7.59. The molecular weight excluding hydrogens is 424 g/mol. The molecule has 0 saturated heterocycles. The number of aromatic nitrogens is 2. The largest absolute Gasteiger partial charge is 0.465 e. The van der Waals surface area contributed by atoms with Crippen molar-refractivity contribution >= 4 is 25.2 Å². The van der Waals surface area contributed by atoms with Crippen molar-refractivity contribution in [1.82, 2.24) is 14.9 Å². The summed E-state index contributed by atoms with van der Waals surface area (Å²) in [6, 6.07) is 6.39. The van der Waals surface area contributed by atoms with Crippen molar-refractivity contribution in [3.05, 3.63) is 53.9 Å². The molecule has 0 saturated carbocycles. The lowest BCUT2D eigenvalue weighted by atomic mass is 10.2. The average molecular weight is 450 g/mol. The van der Waals surface area contributed by atoms with Crippen LogP contribution in [0.2, 0.25) is 25.7 Å². The number of fused-ring (bicyclic) bond motifs is 1. The maximum Gasteiger partial charge on any atom is 0.404 e. The van der Waals surface area contributed by atoms with E-state index < -0.39 is 31.6 Å². The van der Waals surface area contributed by atoms with Gasteiger partial charge < -0.3 is 24.5 Å². The van der Waals surface area contributed by atoms with Crippen molar-refractivity contribution < 1.29 is 28.2 Å². The summed E-state index contributed by atoms with van der Waals surface area (Å²) >= 11 is 0. The maximum atomic E-state index is 14.5. The zero-order valence-corrected chi connectivity index (χ0v) is 18.6. The van der Waals surface area contributed by atoms with Crippen LogP contribution in [0, 0.1) is 11.6 Å². The first-order valence-corrected chi connectivity index (χ1v) is 13.5. The Bertz CT molecular complexity index is 1060. The minimum absolute atomic E-state index is 0.145. The zero-order valence-electron chi connectivity index (χ0n) is 17.6. The minimum Gasteiger partial charge on any atom is -0.465 e. The molecule has 0 radical (unpaired) electrons. The number of nitrogens with one attached hydrogen (secondary N) is 1. The van der Waals surface area contributed by atoms with E-state index in [2.05, 4.69) is 29.9 Å². The predicted octanol–water partition coefficient (Wildman–Crippen LogP) is 5.19. The highest BCUT2D eigenvalue weighted by Crippen LogP contribution is 2.33. The van der Waals surface area contributed by atoms with Crippen molar-refractivity contribution in [2.75, 3.05) is 6.61 Å². The summed E-state index contributed by atoms with van der Waals surface area (Å²) in [7, 11) is -1.19. The smallest absolute Gasteiger partial charge is 0.404 e. The second-order valence-corrected chi connectivity index (χ2v) is 14.0. The number of halogens is 2. The molecule has 1 amide bonds. The molecule has 0 aliphatic heterocycles. The van der Waals surface area contributed by atoms with Gasteiger partial charge in [0.2, 0.25) is 0 Å². The molecule has 7 nitrogen and oxygen atoms in total. The molecule has 2 heterocycles. The number of hydrogen-bond acceptors (Lipinski definition) is 4. The van der Waals surface area contributed by atoms with Gasteiger partial charge in [-0.2, -0.15) is 0 Å². The molecule has 2 aromatic heterocycles. The van der Waals surface area contributed by atoms with Gasteiger partial charge in [-0.3, -0.25) is 0 Å². The van der Waals surface area contributed by atoms with Crippen LogP contribution in [0.15, 0.2) is 36.7 Å². The Hall–Kier alpha value is -2.98. The first kappa shape index (κ1) is 22.7. The summed E-state index contributed by atoms with van der Waals surface area (Å²) in [5, 5.41) is 11.3. The van der Waals surface area contributed by atoms with Crippen molar-refractivity contribution in [3.63, 3.8) is 0 Å². The fourth-order valence-electron chi connectivity index (χ4n) is 2.90. The third-order valence-electron chi connectivity index (χ3n) is 4.56. The summed E-state index contributed by atoms with van der Waals surface area (Å²) in [5.41, 5.74) is 0.722. The lowest BCUT2D eigenvalue weighted by Gasteiger charge is -2.15. The van der Waals surface area contributed by atoms with E-state index in [1.54, 1.807) is 16.8 Å². The van der Waals surface area contributed by atoms with Gasteiger partial charge in [0.05, 0.1) is 5.39 Å². The van der Waals surface area contributed by atoms with E-state index in [1.807, 2.05) is 0 Å². The number of hydrogen-bond donors (Lipinski definition) is 2. The molecule has 0 aliphatic rings. The van der Waals surface area contributed by atoms with E-state index in [1.165, 1.54) is 12.3 Å². The number of nitrogens with zero attached hydrogens (tertiary/aromatic N) is 2. The van der Waals surface area contributed by atoms with Gasteiger partial charge >= 0.3 is 6.09 Å². The highest BCUT2D eigenvalue weighted by Gasteiger charge is 2.17. The van der Waals surface area contributed by atoms with Crippen LogP contribution in [0.3, 0.4) is 0 Å². The fraction of sp³-hybridized carbons (Fsp3) is 0.333. The molecule has 3 rings (SSSR count). The molecular formula is C21H25F2N3O4Si. The van der Waals surface area contributed by atoms with Crippen LogP contribution in [0.1, 0.15) is 5.56 Å². The lowest BCUT2D eigenvalue weighted by molar-refractivity contribution is 0.0899. The topological polar surface area (TPSA) is 85.6 Å². The van der Waals surface area contributed by atoms with Gasteiger partial charge in [-0.05, 0) is 35.9 Å². The molecule has 1 aromatic carbocycles. The molecule has 0 bridgehead atoms. The van der Waals surface area contributed by atoms with E-state index in [0.717, 1.165) is 18.2 Å². The third-order valence-corrected chi connectivity index (χ3v) is 6.27. The highest BCUT2D eigenvalue weighted by atomic mass is 28.3. The summed E-state index contributed by atoms with van der Waals surface area (Å²) in [4.78, 5) is 14.9. The summed E-state index contributed by atoms with van der Waals surface area (Å²) in [6.07, 6.45) is 2.00. The Balaban J connectivity index is 1.77. The minimum atomic E-state index is -1.28. The van der Waals surface area contributed by atoms with Crippen LogP contribution in [0.25, 0.3) is 11.0 Å². The summed E-state index contributed by atoms with van der Waals surface area (Å²) in [5.74, 6) is -2.17. The Morgan fingerprint density at radius 3 is 2.58 bits per heavy atom. The van der Waals surface area contributed by atoms with Crippen molar-refractivity contribution in [2.45, 2.75) is 39.0 Å². The van der Waals surface area contributed by atoms with E-state index in [4.69, 9.17) is 14.6 Å². The first-order chi connectivity index (χ1) is 14.6. The van der Waals surface area contributed by atoms with Gasteiger partial charge in [0, 0.05) is 33.6 Å². The Morgan fingerprint density at radius 2 is 1.94 bits per heavy atom. The highest BCUT2D eigenvalue weighted by molar-refractivity contribution is 6.76. The molecule has 166 valence electrons. The first-order valence-electron chi connectivity index (χ1n) is 9.78. The SMILES string of the molecule is C[Si](C)(C)CCOCn1ccc2c(Oc3c(F)cc(CNC(=O)O)cc3F)ccnc21. The maximum absolute atomic E-state index is 14.5. The van der Waals surface area contributed by atoms with Gasteiger partial charge in [0.15, 0.2) is 17.4 Å². The van der Waals surface area contributed by atoms with Gasteiger partial charge in [0.1, 0.15) is 18.1 Å². The number of amides is 1. The number of benzene rings is 1. The van der Waals surface area contributed by atoms with Crippen molar-refractivity contribution in [3.8, 4) is 11.5 Å². The number of pyridine rings is 1. The lowest BCUT2D eigenvalue weighted by Crippen LogP contribution is -2.22. The zero-order chi connectivity index (χ0) is 22.6. The van der Waals surface area contributed by atoms with Crippen LogP contribution in [-0.4, -0.2) is 35.4 Å². The molecule has 0 aliphatic carbocycles. The Morgan fingerprint density at radius 1 is 1.23 bits per heavy atom. The van der Waals surface area contributed by atoms with Gasteiger partial charge in [-0.25, -0.2) is 18.6 Å². The van der Waals surface area contributed by atoms with E-state index in [-0.39, 0.29) is 17.9 Å². The molecule has 2 N–H and O–H groups in total. The molecule has 31 heavy (non-hydrogen) atoms. The number of ether oxygens (including phenoxy) is 2. The summed E-state index contributed by atoms with van der Waals surface area (Å²) < 4.78 is 42.0. The molecule has 10 heteroatoms. The van der Waals surface area contributed by atoms with Crippen LogP contribution in [0.4, 0.5) is 13.6 Å². The third kappa shape index (κ3) is 6.02. The van der Waals surface area contributed by atoms with E-state index in [0.29, 0.717) is 24.4 Å². The van der Waals surface area contributed by atoms with Gasteiger partial charge in [-0.1, -0.05) is 19.6 Å². The second kappa shape index (κ2) is 9.44. The molecule has 0 unspecified atom stereocenters. The quantitative estimate of drug-likeness (QED) is 0.347. The number of carboxylic acid groups (broad SMARTS) is 1. The monoisotopic (exact) mass is 449 g/mol.